The number of halogens is 1. The quantitative estimate of drug-likeness (QED) is 0.0849. The Labute approximate surface area is 527 Å². The van der Waals surface area contributed by atoms with E-state index in [1.165, 1.54) is 0 Å². The number of amides is 6. The van der Waals surface area contributed by atoms with Crippen LogP contribution in [0.2, 0.25) is 0 Å². The second-order valence-electron chi connectivity index (χ2n) is 20.4. The van der Waals surface area contributed by atoms with Gasteiger partial charge in [0.1, 0.15) is 17.2 Å². The smallest absolute Gasteiger partial charge is 1.00 e. The van der Waals surface area contributed by atoms with Crippen LogP contribution < -0.4 is 66.0 Å². The van der Waals surface area contributed by atoms with Gasteiger partial charge < -0.3 is 76.1 Å². The average Bonchev–Trinajstić information content (AvgIpc) is 2.41. The minimum Gasteiger partial charge on any atom is -1.00 e. The molecule has 0 radical (unpaired) electrons. The average molecular weight is 1230 g/mol. The first-order valence-corrected chi connectivity index (χ1v) is 28.6. The van der Waals surface area contributed by atoms with Crippen LogP contribution in [0.1, 0.15) is 123 Å². The van der Waals surface area contributed by atoms with E-state index in [9.17, 15) is 28.8 Å². The fourth-order valence-electron chi connectivity index (χ4n) is 9.59. The van der Waals surface area contributed by atoms with E-state index in [-0.39, 0.29) is 147 Å². The summed E-state index contributed by atoms with van der Waals surface area (Å²) in [7, 11) is 0. The summed E-state index contributed by atoms with van der Waals surface area (Å²) in [6.45, 7) is 17.5. The molecule has 452 valence electrons. The number of ether oxygens (including phenoxy) is 6. The second-order valence-corrected chi connectivity index (χ2v) is 20.4. The fraction of sp³-hybridized carbons (Fsp3) is 0.364. The largest absolute Gasteiger partial charge is 1.00 e. The minimum absolute atomic E-state index is 0. The molecule has 20 heteroatoms. The van der Waals surface area contributed by atoms with Gasteiger partial charge in [0.05, 0.1) is 39.6 Å². The van der Waals surface area contributed by atoms with E-state index < -0.39 is 17.7 Å². The zero-order valence-electron chi connectivity index (χ0n) is 51.1. The summed E-state index contributed by atoms with van der Waals surface area (Å²) in [5.41, 5.74) is 7.62. The van der Waals surface area contributed by atoms with E-state index in [1.54, 1.807) is 87.5 Å². The van der Waals surface area contributed by atoms with Crippen LogP contribution in [-0.2, 0) is 68.2 Å². The molecule has 18 nitrogen and oxygen atoms in total. The van der Waals surface area contributed by atoms with Crippen molar-refractivity contribution in [1.82, 2.24) is 14.7 Å². The zero-order chi connectivity index (χ0) is 60.3. The normalized spacial score (nSPS) is 12.1. The molecule has 6 aromatic rings. The molecule has 0 atom stereocenters. The van der Waals surface area contributed by atoms with E-state index in [2.05, 4.69) is 16.0 Å². The third-order valence-corrected chi connectivity index (χ3v) is 14.4. The standard InChI is InChI=1S/C66H78N6O12.BrH.Li/c1-10-70(11-2)58(73)40-82-61-49-28-46(64(76)67-55-22-16-43(7)17-23-55)29-50(61)35-80-37-52-31-48(66(78)69-57-26-20-45(9)21-27-57)33-54(63(52)84-42-60(75)72(14-5)15-6)39-81-38-53-32-47(65(77)68-56-24-18-44(8)19-25-56)30-51(36-79-34-49)62(53)83-41-59(74)71(12-3)13-4;;/h16-33H,10-15,34-42H2,1-9H3,(H,67,76)(H,68,77)(H,69,78);1H;/q;;+1/p-1. The molecule has 0 aromatic heterocycles. The maximum Gasteiger partial charge on any atom is 1.00 e. The van der Waals surface area contributed by atoms with E-state index in [1.807, 2.05) is 98.7 Å². The monoisotopic (exact) mass is 1230 g/mol. The molecule has 0 saturated carbocycles. The minimum atomic E-state index is -0.453. The van der Waals surface area contributed by atoms with Gasteiger partial charge in [0.2, 0.25) is 0 Å². The summed E-state index contributed by atoms with van der Waals surface area (Å²) in [5, 5.41) is 8.97. The van der Waals surface area contributed by atoms with E-state index in [4.69, 9.17) is 28.4 Å². The van der Waals surface area contributed by atoms with Crippen LogP contribution in [-0.4, -0.2) is 109 Å². The Balaban J connectivity index is 0.00000675. The van der Waals surface area contributed by atoms with Crippen molar-refractivity contribution in [3.8, 4) is 17.2 Å². The Morgan fingerprint density at radius 1 is 0.372 bits per heavy atom. The van der Waals surface area contributed by atoms with Gasteiger partial charge in [0.25, 0.3) is 35.4 Å². The van der Waals surface area contributed by atoms with Crippen LogP contribution in [0, 0.1) is 20.8 Å². The van der Waals surface area contributed by atoms with Gasteiger partial charge in [0, 0.05) is 106 Å². The van der Waals surface area contributed by atoms with Gasteiger partial charge in [-0.25, -0.2) is 0 Å². The van der Waals surface area contributed by atoms with Crippen LogP contribution in [0.4, 0.5) is 17.1 Å². The van der Waals surface area contributed by atoms with Gasteiger partial charge >= 0.3 is 18.9 Å². The summed E-state index contributed by atoms with van der Waals surface area (Å²) in [4.78, 5) is 89.2. The number of nitrogens with one attached hydrogen (secondary N) is 3. The van der Waals surface area contributed by atoms with Crippen molar-refractivity contribution in [1.29, 1.82) is 0 Å². The van der Waals surface area contributed by atoms with Crippen molar-refractivity contribution >= 4 is 52.5 Å². The van der Waals surface area contributed by atoms with Gasteiger partial charge in [-0.3, -0.25) is 28.8 Å². The maximum absolute atomic E-state index is 14.4. The molecule has 6 bridgehead atoms. The number of likely N-dealkylation sites (N-methyl/N-ethyl adjacent to an activating group) is 3. The predicted octanol–water partition coefficient (Wildman–Crippen LogP) is 4.58. The van der Waals surface area contributed by atoms with Crippen molar-refractivity contribution in [2.24, 2.45) is 0 Å². The Morgan fingerprint density at radius 2 is 0.570 bits per heavy atom. The first-order valence-electron chi connectivity index (χ1n) is 28.6. The number of fused-ring (bicyclic) bond motifs is 6. The molecule has 0 unspecified atom stereocenters. The van der Waals surface area contributed by atoms with Crippen molar-refractivity contribution in [3.05, 3.63) is 176 Å². The fourth-order valence-corrected chi connectivity index (χ4v) is 9.59. The number of hydrogen-bond acceptors (Lipinski definition) is 12. The molecular weight excluding hydrogens is 1160 g/mol. The molecule has 7 rings (SSSR count). The molecule has 0 spiro atoms. The SMILES string of the molecule is CCN(CC)C(=O)COc1c2cc(C(=O)Nc3ccc(C)cc3)cc1COCc1cc(C(=O)Nc3ccc(C)cc3)cc(c1OCC(=O)N(CC)CC)COCc1cc(C(=O)Nc3ccc(C)cc3)cc(c1OCC(=O)N(CC)CC)COC2.[Br-].[Li+]. The number of hydrogen-bond donors (Lipinski definition) is 3. The first-order chi connectivity index (χ1) is 40.5. The molecular formula is C66H78BrLiN6O12. The van der Waals surface area contributed by atoms with Gasteiger partial charge in [0.15, 0.2) is 19.8 Å². The van der Waals surface area contributed by atoms with Gasteiger partial charge in [-0.1, -0.05) is 53.1 Å². The first kappa shape index (κ1) is 69.3. The van der Waals surface area contributed by atoms with Crippen molar-refractivity contribution in [3.63, 3.8) is 0 Å². The molecule has 0 aliphatic carbocycles. The van der Waals surface area contributed by atoms with Crippen LogP contribution in [0.15, 0.2) is 109 Å². The summed E-state index contributed by atoms with van der Waals surface area (Å²) >= 11 is 0. The Morgan fingerprint density at radius 3 is 0.756 bits per heavy atom. The van der Waals surface area contributed by atoms with Crippen molar-refractivity contribution < 1.29 is 93.0 Å². The van der Waals surface area contributed by atoms with Crippen LogP contribution >= 0.6 is 0 Å². The van der Waals surface area contributed by atoms with Crippen molar-refractivity contribution in [2.75, 3.05) is 75.0 Å². The summed E-state index contributed by atoms with van der Waals surface area (Å²) < 4.78 is 39.3. The number of carbonyl (C=O) groups is 6. The van der Waals surface area contributed by atoms with Gasteiger partial charge in [-0.15, -0.1) is 0 Å². The third-order valence-electron chi connectivity index (χ3n) is 14.4. The van der Waals surface area contributed by atoms with Gasteiger partial charge in [-0.2, -0.15) is 0 Å². The molecule has 0 saturated heterocycles. The molecule has 3 N–H and O–H groups in total. The number of aryl methyl sites for hydroxylation is 3. The van der Waals surface area contributed by atoms with Crippen LogP contribution in [0.25, 0.3) is 0 Å². The van der Waals surface area contributed by atoms with E-state index in [0.717, 1.165) is 16.7 Å². The van der Waals surface area contributed by atoms with Crippen molar-refractivity contribution in [2.45, 2.75) is 102 Å². The topological polar surface area (TPSA) is 204 Å². The summed E-state index contributed by atoms with van der Waals surface area (Å²) in [6.07, 6.45) is 0. The number of rotatable bonds is 21. The maximum atomic E-state index is 14.4. The molecule has 86 heavy (non-hydrogen) atoms. The van der Waals surface area contributed by atoms with Crippen LogP contribution in [0.3, 0.4) is 0 Å². The van der Waals surface area contributed by atoms with E-state index in [0.29, 0.717) is 89.7 Å². The summed E-state index contributed by atoms with van der Waals surface area (Å²) in [6, 6.07) is 31.9. The number of nitrogens with zero attached hydrogens (tertiary/aromatic N) is 3. The Kier molecular flexibility index (Phi) is 27.4. The molecule has 6 amide bonds. The van der Waals surface area contributed by atoms with E-state index >= 15 is 0 Å². The molecule has 6 aromatic carbocycles. The van der Waals surface area contributed by atoms with Crippen LogP contribution in [0.5, 0.6) is 17.2 Å². The molecule has 0 fully saturated rings. The number of carbonyl (C=O) groups excluding carboxylic acids is 6. The summed E-state index contributed by atoms with van der Waals surface area (Å²) in [5.74, 6) is -1.53. The van der Waals surface area contributed by atoms with Gasteiger partial charge in [-0.05, 0) is 135 Å². The molecule has 1 aliphatic rings. The third kappa shape index (κ3) is 19.0. The zero-order valence-corrected chi connectivity index (χ0v) is 52.7. The number of anilines is 3. The Hall–Kier alpha value is -7.50. The molecule has 1 aliphatic heterocycles. The number of benzene rings is 6. The second kappa shape index (κ2) is 34.0. The molecule has 1 heterocycles. The Bertz CT molecular complexity index is 2860. The predicted molar refractivity (Wildman–Crippen MR) is 322 cm³/mol.